The Morgan fingerprint density at radius 2 is 0.609 bits per heavy atom. The molecule has 0 aliphatic carbocycles. The van der Waals surface area contributed by atoms with Crippen molar-refractivity contribution < 1.29 is 30.6 Å². The first-order valence-corrected chi connectivity index (χ1v) is 27.1. The lowest BCUT2D eigenvalue weighted by atomic mass is 10.0. The first kappa shape index (κ1) is 61.9. The van der Waals surface area contributed by atoms with Gasteiger partial charge in [0, 0.05) is 0 Å². The maximum Gasteiger partial charge on any atom is 0.160 e. The number of phenols is 6. The second-order valence-electron chi connectivity index (χ2n) is 18.3. The van der Waals surface area contributed by atoms with Gasteiger partial charge in [-0.15, -0.1) is 6.58 Å². The minimum Gasteiger partial charge on any atom is -0.504 e. The number of hydrogen-bond acceptors (Lipinski definition) is 6. The number of hydrogen-bond donors (Lipinski definition) is 6. The summed E-state index contributed by atoms with van der Waals surface area (Å²) in [5.74, 6) is 0.0957. The van der Waals surface area contributed by atoms with Gasteiger partial charge in [-0.2, -0.15) is 0 Å². The first-order valence-electron chi connectivity index (χ1n) is 27.1. The van der Waals surface area contributed by atoms with Crippen LogP contribution < -0.4 is 0 Å². The van der Waals surface area contributed by atoms with Crippen molar-refractivity contribution in [3.05, 3.63) is 145 Å². The predicted octanol–water partition coefficient (Wildman–Crippen LogP) is 18.9. The second kappa shape index (κ2) is 45.3. The molecule has 69 heavy (non-hydrogen) atoms. The van der Waals surface area contributed by atoms with Gasteiger partial charge in [-0.1, -0.05) is 201 Å². The summed E-state index contributed by atoms with van der Waals surface area (Å²) in [6.45, 7) is 8.14. The molecule has 0 aliphatic rings. The Labute approximate surface area is 421 Å². The molecule has 0 spiro atoms. The molecule has 0 saturated heterocycles. The van der Waals surface area contributed by atoms with Crippen molar-refractivity contribution in [3.63, 3.8) is 0 Å². The highest BCUT2D eigenvalue weighted by atomic mass is 16.3. The summed E-state index contributed by atoms with van der Waals surface area (Å²) < 4.78 is 0. The van der Waals surface area contributed by atoms with Gasteiger partial charge in [0.25, 0.3) is 0 Å². The highest BCUT2D eigenvalue weighted by Gasteiger charge is 2.07. The Morgan fingerprint density at radius 3 is 0.957 bits per heavy atom. The van der Waals surface area contributed by atoms with Gasteiger partial charge in [-0.3, -0.25) is 0 Å². The largest absolute Gasteiger partial charge is 0.504 e. The normalized spacial score (nSPS) is 11.5. The van der Waals surface area contributed by atoms with Crippen LogP contribution in [0, 0.1) is 0 Å². The predicted molar refractivity (Wildman–Crippen MR) is 297 cm³/mol. The molecule has 0 amide bonds. The molecular formula is C63H96O6. The fourth-order valence-electron chi connectivity index (χ4n) is 7.84. The molecule has 6 nitrogen and oxygen atoms in total. The Balaban J connectivity index is 0.000000517. The van der Waals surface area contributed by atoms with Crippen molar-refractivity contribution in [3.8, 4) is 34.5 Å². The van der Waals surface area contributed by atoms with Crippen LogP contribution in [0.4, 0.5) is 0 Å². The number of rotatable bonds is 37. The Morgan fingerprint density at radius 1 is 0.319 bits per heavy atom. The number of unbranched alkanes of at least 4 members (excludes halogenated alkanes) is 20. The molecule has 0 unspecified atom stereocenters. The third kappa shape index (κ3) is 34.8. The van der Waals surface area contributed by atoms with E-state index in [1.54, 1.807) is 18.2 Å². The average molecular weight is 949 g/mol. The minimum absolute atomic E-state index is 0.0102. The van der Waals surface area contributed by atoms with E-state index >= 15 is 0 Å². The summed E-state index contributed by atoms with van der Waals surface area (Å²) in [7, 11) is 0. The monoisotopic (exact) mass is 949 g/mol. The van der Waals surface area contributed by atoms with E-state index in [0.29, 0.717) is 0 Å². The number of allylic oxidation sites excluding steroid dienone is 11. The number of benzene rings is 3. The van der Waals surface area contributed by atoms with Crippen molar-refractivity contribution >= 4 is 0 Å². The zero-order chi connectivity index (χ0) is 50.3. The molecule has 0 fully saturated rings. The summed E-state index contributed by atoms with van der Waals surface area (Å²) in [6, 6.07) is 15.6. The van der Waals surface area contributed by atoms with Gasteiger partial charge < -0.3 is 30.6 Å². The van der Waals surface area contributed by atoms with Crippen molar-refractivity contribution in [2.24, 2.45) is 0 Å². The summed E-state index contributed by atoms with van der Waals surface area (Å²) in [5.41, 5.74) is 2.55. The second-order valence-corrected chi connectivity index (χ2v) is 18.3. The van der Waals surface area contributed by atoms with Crippen LogP contribution in [0.25, 0.3) is 0 Å². The van der Waals surface area contributed by atoms with Crippen LogP contribution >= 0.6 is 0 Å². The third-order valence-electron chi connectivity index (χ3n) is 12.1. The number of aromatic hydroxyl groups is 6. The molecular weight excluding hydrogens is 853 g/mol. The van der Waals surface area contributed by atoms with E-state index in [-0.39, 0.29) is 34.5 Å². The Kier molecular flexibility index (Phi) is 40.7. The summed E-state index contributed by atoms with van der Waals surface area (Å²) >= 11 is 0. The van der Waals surface area contributed by atoms with Crippen LogP contribution in [0.1, 0.15) is 210 Å². The molecule has 0 saturated carbocycles. The number of phenolic OH excluding ortho intramolecular Hbond substituents is 6. The van der Waals surface area contributed by atoms with Gasteiger partial charge in [0.05, 0.1) is 0 Å². The quantitative estimate of drug-likeness (QED) is 0.0195. The zero-order valence-electron chi connectivity index (χ0n) is 43.4. The van der Waals surface area contributed by atoms with Crippen molar-refractivity contribution in [2.75, 3.05) is 0 Å². The van der Waals surface area contributed by atoms with Crippen LogP contribution in [0.5, 0.6) is 34.5 Å². The van der Waals surface area contributed by atoms with Crippen LogP contribution in [0.3, 0.4) is 0 Å². The molecule has 384 valence electrons. The van der Waals surface area contributed by atoms with Gasteiger partial charge in [0.1, 0.15) is 0 Å². The number of aryl methyl sites for hydroxylation is 3. The summed E-state index contributed by atoms with van der Waals surface area (Å²) in [4.78, 5) is 0. The molecule has 0 radical (unpaired) electrons. The lowest BCUT2D eigenvalue weighted by Crippen LogP contribution is -1.87. The fourth-order valence-corrected chi connectivity index (χ4v) is 7.84. The van der Waals surface area contributed by atoms with E-state index < -0.39 is 0 Å². The van der Waals surface area contributed by atoms with Crippen molar-refractivity contribution in [1.29, 1.82) is 0 Å². The fraction of sp³-hybridized carbons (Fsp3) is 0.524. The zero-order valence-corrected chi connectivity index (χ0v) is 43.4. The van der Waals surface area contributed by atoms with Gasteiger partial charge in [-0.25, -0.2) is 0 Å². The minimum atomic E-state index is -0.0198. The van der Waals surface area contributed by atoms with Gasteiger partial charge in [-0.05, 0) is 150 Å². The van der Waals surface area contributed by atoms with Crippen LogP contribution in [-0.4, -0.2) is 30.6 Å². The molecule has 0 aromatic heterocycles. The molecule has 0 heterocycles. The van der Waals surface area contributed by atoms with E-state index in [0.717, 1.165) is 80.9 Å². The molecule has 0 aliphatic heterocycles. The Hall–Kier alpha value is -5.10. The van der Waals surface area contributed by atoms with E-state index in [9.17, 15) is 30.6 Å². The molecule has 6 N–H and O–H groups in total. The maximum atomic E-state index is 9.73. The van der Waals surface area contributed by atoms with E-state index in [1.807, 2.05) is 24.3 Å². The Bertz CT molecular complexity index is 1830. The van der Waals surface area contributed by atoms with Crippen LogP contribution in [0.2, 0.25) is 0 Å². The SMILES string of the molecule is C=CCC=CCC=CCCCCCCCc1cccc(O)c1O.CCCC=CCC=CCCCCCCCc1cccc(O)c1O.CCCCCCC=CCCCCCCCc1cccc(O)c1O. The lowest BCUT2D eigenvalue weighted by molar-refractivity contribution is 0.398. The van der Waals surface area contributed by atoms with Gasteiger partial charge in [0.2, 0.25) is 0 Å². The van der Waals surface area contributed by atoms with E-state index in [2.05, 4.69) is 81.2 Å². The van der Waals surface area contributed by atoms with Crippen molar-refractivity contribution in [2.45, 2.75) is 213 Å². The van der Waals surface area contributed by atoms with Gasteiger partial charge >= 0.3 is 0 Å². The standard InChI is InChI=1S/C21H34O2.C21H32O2.C21H30O2/c3*1-2-3-4-5-6-7-8-9-10-11-12-13-14-16-19-17-15-18-20(22)21(19)23/h7-8,15,17-18,22-23H,2-6,9-14,16H2,1H3;4-5,7-8,15,17-18,22-23H,2-3,6,9-14,16H2,1H3;2,4-5,7-8,15,17-18,22-23H,1,3,6,9-14,16H2. The smallest absolute Gasteiger partial charge is 0.160 e. The van der Waals surface area contributed by atoms with Crippen molar-refractivity contribution in [1.82, 2.24) is 0 Å². The number of para-hydroxylation sites is 3. The molecule has 3 aromatic carbocycles. The highest BCUT2D eigenvalue weighted by molar-refractivity contribution is 5.45. The lowest BCUT2D eigenvalue weighted by Gasteiger charge is -2.05. The average Bonchev–Trinajstić information content (AvgIpc) is 3.35. The van der Waals surface area contributed by atoms with E-state index in [1.165, 1.54) is 153 Å². The summed E-state index contributed by atoms with van der Waals surface area (Å²) in [5, 5.41) is 57.5. The topological polar surface area (TPSA) is 121 Å². The summed E-state index contributed by atoms with van der Waals surface area (Å²) in [6.07, 6.45) is 60.6. The van der Waals surface area contributed by atoms with Crippen LogP contribution in [0.15, 0.2) is 128 Å². The third-order valence-corrected chi connectivity index (χ3v) is 12.1. The molecule has 0 atom stereocenters. The van der Waals surface area contributed by atoms with E-state index in [4.69, 9.17) is 0 Å². The van der Waals surface area contributed by atoms with Crippen LogP contribution in [-0.2, 0) is 19.3 Å². The maximum absolute atomic E-state index is 9.73. The molecule has 6 heteroatoms. The molecule has 3 rings (SSSR count). The highest BCUT2D eigenvalue weighted by Crippen LogP contribution is 2.31. The van der Waals surface area contributed by atoms with Gasteiger partial charge in [0.15, 0.2) is 34.5 Å². The molecule has 3 aromatic rings. The first-order chi connectivity index (χ1) is 33.8. The molecule has 0 bridgehead atoms.